The lowest BCUT2D eigenvalue weighted by molar-refractivity contribution is 0.0401. The lowest BCUT2D eigenvalue weighted by Gasteiger charge is -2.32. The molecule has 1 aliphatic heterocycles. The zero-order valence-electron chi connectivity index (χ0n) is 8.41. The van der Waals surface area contributed by atoms with Crippen molar-refractivity contribution in [2.45, 2.75) is 38.8 Å². The number of likely N-dealkylation sites (tertiary alicyclic amines) is 1. The number of carbonyl (C=O) groups excluding carboxylic acids is 1. The summed E-state index contributed by atoms with van der Waals surface area (Å²) in [5, 5.41) is 9.60. The molecule has 1 rings (SSSR count). The minimum absolute atomic E-state index is 0.330. The minimum atomic E-state index is -0.494. The fourth-order valence-electron chi connectivity index (χ4n) is 1.60. The summed E-state index contributed by atoms with van der Waals surface area (Å²) in [5.41, 5.74) is -0.494. The first-order chi connectivity index (χ1) is 6.00. The molecule has 1 amide bonds. The summed E-state index contributed by atoms with van der Waals surface area (Å²) >= 11 is 0. The predicted molar refractivity (Wildman–Crippen MR) is 48.4 cm³/mol. The molecule has 4 nitrogen and oxygen atoms in total. The first-order valence-corrected chi connectivity index (χ1v) is 4.62. The van der Waals surface area contributed by atoms with E-state index in [1.54, 1.807) is 11.8 Å². The standard InChI is InChI=1S/C9H17NO3/c1-4-13-8(12)10-6-5-7(11)9(10,2)3/h7,11H,4-6H2,1-3H3. The number of carbonyl (C=O) groups is 1. The summed E-state index contributed by atoms with van der Waals surface area (Å²) < 4.78 is 4.89. The van der Waals surface area contributed by atoms with E-state index in [1.807, 2.05) is 13.8 Å². The van der Waals surface area contributed by atoms with Crippen molar-refractivity contribution in [1.82, 2.24) is 4.90 Å². The number of amides is 1. The maximum atomic E-state index is 11.4. The lowest BCUT2D eigenvalue weighted by Crippen LogP contribution is -2.48. The molecule has 1 unspecified atom stereocenters. The molecule has 0 saturated carbocycles. The second-order valence-corrected chi connectivity index (χ2v) is 3.81. The van der Waals surface area contributed by atoms with Gasteiger partial charge in [-0.1, -0.05) is 0 Å². The van der Waals surface area contributed by atoms with E-state index >= 15 is 0 Å². The van der Waals surface area contributed by atoms with Gasteiger partial charge in [0.05, 0.1) is 18.2 Å². The Bertz CT molecular complexity index is 203. The van der Waals surface area contributed by atoms with Gasteiger partial charge >= 0.3 is 6.09 Å². The van der Waals surface area contributed by atoms with Crippen molar-refractivity contribution in [3.8, 4) is 0 Å². The third-order valence-corrected chi connectivity index (χ3v) is 2.63. The third kappa shape index (κ3) is 1.77. The molecule has 1 N–H and O–H groups in total. The summed E-state index contributed by atoms with van der Waals surface area (Å²) in [7, 11) is 0. The number of aliphatic hydroxyl groups excluding tert-OH is 1. The first kappa shape index (κ1) is 10.3. The maximum Gasteiger partial charge on any atom is 0.410 e. The molecule has 1 aliphatic rings. The SMILES string of the molecule is CCOC(=O)N1CCC(O)C1(C)C. The molecule has 1 saturated heterocycles. The topological polar surface area (TPSA) is 49.8 Å². The van der Waals surface area contributed by atoms with Gasteiger partial charge in [-0.25, -0.2) is 4.79 Å². The summed E-state index contributed by atoms with van der Waals surface area (Å²) in [6.07, 6.45) is -0.146. The van der Waals surface area contributed by atoms with Gasteiger partial charge in [0.1, 0.15) is 0 Å². The maximum absolute atomic E-state index is 11.4. The average molecular weight is 187 g/mol. The van der Waals surface area contributed by atoms with Crippen molar-refractivity contribution < 1.29 is 14.6 Å². The highest BCUT2D eigenvalue weighted by molar-refractivity contribution is 5.69. The monoisotopic (exact) mass is 187 g/mol. The van der Waals surface area contributed by atoms with Crippen molar-refractivity contribution in [3.63, 3.8) is 0 Å². The Balaban J connectivity index is 2.66. The van der Waals surface area contributed by atoms with E-state index in [9.17, 15) is 9.90 Å². The fraction of sp³-hybridized carbons (Fsp3) is 0.889. The van der Waals surface area contributed by atoms with Crippen LogP contribution >= 0.6 is 0 Å². The molecule has 76 valence electrons. The Labute approximate surface area is 78.5 Å². The van der Waals surface area contributed by atoms with Crippen LogP contribution in [0, 0.1) is 0 Å². The largest absolute Gasteiger partial charge is 0.450 e. The van der Waals surface area contributed by atoms with E-state index in [2.05, 4.69) is 0 Å². The molecular formula is C9H17NO3. The van der Waals surface area contributed by atoms with Gasteiger partial charge in [-0.05, 0) is 27.2 Å². The predicted octanol–water partition coefficient (Wildman–Crippen LogP) is 0.988. The van der Waals surface area contributed by atoms with Gasteiger partial charge in [0.2, 0.25) is 0 Å². The molecule has 1 heterocycles. The van der Waals surface area contributed by atoms with Crippen LogP contribution < -0.4 is 0 Å². The smallest absolute Gasteiger partial charge is 0.410 e. The summed E-state index contributed by atoms with van der Waals surface area (Å²) in [6, 6.07) is 0. The number of nitrogens with zero attached hydrogens (tertiary/aromatic N) is 1. The highest BCUT2D eigenvalue weighted by Crippen LogP contribution is 2.29. The molecule has 0 aromatic carbocycles. The van der Waals surface area contributed by atoms with Crippen molar-refractivity contribution >= 4 is 6.09 Å². The number of aliphatic hydroxyl groups is 1. The number of hydrogen-bond donors (Lipinski definition) is 1. The highest BCUT2D eigenvalue weighted by Gasteiger charge is 2.43. The second-order valence-electron chi connectivity index (χ2n) is 3.81. The van der Waals surface area contributed by atoms with E-state index in [-0.39, 0.29) is 6.09 Å². The van der Waals surface area contributed by atoms with Gasteiger partial charge in [-0.15, -0.1) is 0 Å². The van der Waals surface area contributed by atoms with Crippen LogP contribution in [0.5, 0.6) is 0 Å². The van der Waals surface area contributed by atoms with E-state index in [0.29, 0.717) is 19.6 Å². The van der Waals surface area contributed by atoms with E-state index in [1.165, 1.54) is 0 Å². The molecule has 0 aromatic heterocycles. The molecule has 0 aliphatic carbocycles. The van der Waals surface area contributed by atoms with Crippen LogP contribution in [0.25, 0.3) is 0 Å². The fourth-order valence-corrected chi connectivity index (χ4v) is 1.60. The van der Waals surface area contributed by atoms with Crippen LogP contribution in [0.1, 0.15) is 27.2 Å². The molecule has 1 fully saturated rings. The molecule has 1 atom stereocenters. The van der Waals surface area contributed by atoms with Crippen LogP contribution in [0.2, 0.25) is 0 Å². The molecule has 0 aromatic rings. The molecule has 4 heteroatoms. The van der Waals surface area contributed by atoms with Gasteiger partial charge in [-0.3, -0.25) is 0 Å². The van der Waals surface area contributed by atoms with Crippen molar-refractivity contribution in [1.29, 1.82) is 0 Å². The van der Waals surface area contributed by atoms with Gasteiger partial charge in [0, 0.05) is 6.54 Å². The third-order valence-electron chi connectivity index (χ3n) is 2.63. The zero-order valence-corrected chi connectivity index (χ0v) is 8.41. The van der Waals surface area contributed by atoms with E-state index < -0.39 is 11.6 Å². The minimum Gasteiger partial charge on any atom is -0.450 e. The summed E-state index contributed by atoms with van der Waals surface area (Å²) in [5.74, 6) is 0. The van der Waals surface area contributed by atoms with Crippen LogP contribution in [0.4, 0.5) is 4.79 Å². The molecule has 0 spiro atoms. The second kappa shape index (κ2) is 3.54. The van der Waals surface area contributed by atoms with Crippen molar-refractivity contribution in [2.24, 2.45) is 0 Å². The van der Waals surface area contributed by atoms with Gasteiger partial charge in [0.25, 0.3) is 0 Å². The number of rotatable bonds is 1. The lowest BCUT2D eigenvalue weighted by atomic mass is 9.99. The van der Waals surface area contributed by atoms with E-state index in [0.717, 1.165) is 0 Å². The Morgan fingerprint density at radius 2 is 2.31 bits per heavy atom. The zero-order chi connectivity index (χ0) is 10.1. The first-order valence-electron chi connectivity index (χ1n) is 4.62. The Morgan fingerprint density at radius 3 is 2.69 bits per heavy atom. The van der Waals surface area contributed by atoms with Crippen LogP contribution in [0.15, 0.2) is 0 Å². The average Bonchev–Trinajstić information content (AvgIpc) is 2.28. The normalized spacial score (nSPS) is 26.2. The van der Waals surface area contributed by atoms with Gasteiger partial charge in [0.15, 0.2) is 0 Å². The quantitative estimate of drug-likeness (QED) is 0.666. The molecular weight excluding hydrogens is 170 g/mol. The molecule has 13 heavy (non-hydrogen) atoms. The van der Waals surface area contributed by atoms with Crippen LogP contribution in [-0.4, -0.2) is 40.9 Å². The number of ether oxygens (including phenoxy) is 1. The Morgan fingerprint density at radius 1 is 1.69 bits per heavy atom. The van der Waals surface area contributed by atoms with Crippen molar-refractivity contribution in [2.75, 3.05) is 13.2 Å². The summed E-state index contributed by atoms with van der Waals surface area (Å²) in [4.78, 5) is 13.0. The number of hydrogen-bond acceptors (Lipinski definition) is 3. The molecule has 0 radical (unpaired) electrons. The Kier molecular flexibility index (Phi) is 2.81. The van der Waals surface area contributed by atoms with Gasteiger partial charge < -0.3 is 14.7 Å². The van der Waals surface area contributed by atoms with E-state index in [4.69, 9.17) is 4.74 Å². The highest BCUT2D eigenvalue weighted by atomic mass is 16.6. The van der Waals surface area contributed by atoms with Crippen LogP contribution in [0.3, 0.4) is 0 Å². The Hall–Kier alpha value is -0.770. The van der Waals surface area contributed by atoms with Crippen molar-refractivity contribution in [3.05, 3.63) is 0 Å². The molecule has 0 bridgehead atoms. The van der Waals surface area contributed by atoms with Crippen LogP contribution in [-0.2, 0) is 4.74 Å². The van der Waals surface area contributed by atoms with Gasteiger partial charge in [-0.2, -0.15) is 0 Å². The summed E-state index contributed by atoms with van der Waals surface area (Å²) in [6.45, 7) is 6.43.